The van der Waals surface area contributed by atoms with Gasteiger partial charge in [-0.25, -0.2) is 0 Å². The van der Waals surface area contributed by atoms with Gasteiger partial charge in [-0.05, 0) is 0 Å². The summed E-state index contributed by atoms with van der Waals surface area (Å²) in [6.45, 7) is 0. The summed E-state index contributed by atoms with van der Waals surface area (Å²) in [4.78, 5) is 0. The van der Waals surface area contributed by atoms with Crippen molar-refractivity contribution in [1.29, 1.82) is 0 Å². The molecule has 1 heterocycles. The fraction of sp³-hybridized carbons (Fsp3) is 0. The molecule has 0 unspecified atom stereocenters. The first-order chi connectivity index (χ1) is 3.83. The van der Waals surface area contributed by atoms with E-state index in [0.29, 0.717) is 0 Å². The topological polar surface area (TPSA) is 0 Å². The van der Waals surface area contributed by atoms with Crippen molar-refractivity contribution < 1.29 is 23.3 Å². The van der Waals surface area contributed by atoms with E-state index in [4.69, 9.17) is 8.25 Å². The van der Waals surface area contributed by atoms with E-state index in [1.165, 1.54) is 6.17 Å². The quantitative estimate of drug-likeness (QED) is 0.638. The Morgan fingerprint density at radius 1 is 1.62 bits per heavy atom. The molecular weight excluding hydrogens is 396 g/mol. The minimum atomic E-state index is -1.06. The van der Waals surface area contributed by atoms with E-state index in [-0.39, 0.29) is 0 Å². The van der Waals surface area contributed by atoms with Crippen LogP contribution in [0, 0.1) is 0 Å². The van der Waals surface area contributed by atoms with Gasteiger partial charge in [0.15, 0.2) is 0 Å². The number of halogens is 2. The molecule has 0 fully saturated rings. The molecule has 0 radical (unpaired) electrons. The molecule has 1 aromatic heterocycles. The molecule has 0 aliphatic carbocycles. The third-order valence-electron chi connectivity index (χ3n) is 0.761. The Kier molecular flexibility index (Phi) is 3.33. The Bertz CT molecular complexity index is 176. The van der Waals surface area contributed by atoms with E-state index >= 15 is 0 Å². The van der Waals surface area contributed by atoms with E-state index in [0.717, 1.165) is 0 Å². The molecule has 0 bridgehead atoms. The molecule has 1 rings (SSSR count). The zero-order chi connectivity index (χ0) is 5.98. The van der Waals surface area contributed by atoms with Gasteiger partial charge in [-0.1, -0.05) is 0 Å². The molecule has 0 saturated carbocycles. The van der Waals surface area contributed by atoms with Crippen molar-refractivity contribution in [1.82, 2.24) is 0 Å². The van der Waals surface area contributed by atoms with Gasteiger partial charge in [0.05, 0.1) is 0 Å². The second-order valence-electron chi connectivity index (χ2n) is 1.34. The van der Waals surface area contributed by atoms with Crippen molar-refractivity contribution in [2.24, 2.45) is 0 Å². The van der Waals surface area contributed by atoms with Crippen molar-refractivity contribution in [3.63, 3.8) is 0 Å². The molecule has 0 atom stereocenters. The first-order valence-electron chi connectivity index (χ1n) is 2.13. The zero-order valence-corrected chi connectivity index (χ0v) is 12.7. The number of hydrogen-bond donors (Lipinski definition) is 0. The Morgan fingerprint density at radius 3 is 2.62 bits per heavy atom. The first kappa shape index (κ1) is 7.51. The van der Waals surface area contributed by atoms with E-state index < -0.39 is 23.3 Å². The van der Waals surface area contributed by atoms with Gasteiger partial charge in [-0.15, -0.1) is 0 Å². The SMILES string of the molecule is [Cl][Hg][c]1ccc(Br)s1. The Hall–Kier alpha value is 1.41. The van der Waals surface area contributed by atoms with Gasteiger partial charge in [0.1, 0.15) is 0 Å². The summed E-state index contributed by atoms with van der Waals surface area (Å²) < 4.78 is 2.63. The molecule has 0 aliphatic heterocycles. The molecule has 0 aliphatic rings. The van der Waals surface area contributed by atoms with Crippen LogP contribution in [0.25, 0.3) is 0 Å². The van der Waals surface area contributed by atoms with Crippen molar-refractivity contribution in [2.75, 3.05) is 0 Å². The molecule has 1 aromatic rings. The van der Waals surface area contributed by atoms with E-state index in [2.05, 4.69) is 28.1 Å². The summed E-state index contributed by atoms with van der Waals surface area (Å²) in [6, 6.07) is 4.17. The Labute approximate surface area is 76.2 Å². The summed E-state index contributed by atoms with van der Waals surface area (Å²) >= 11 is 4.08. The molecule has 0 saturated heterocycles. The summed E-state index contributed by atoms with van der Waals surface area (Å²) in [7, 11) is 5.75. The maximum atomic E-state index is 5.75. The van der Waals surface area contributed by atoms with E-state index in [1.807, 2.05) is 0 Å². The van der Waals surface area contributed by atoms with Crippen LogP contribution >= 0.6 is 35.5 Å². The van der Waals surface area contributed by atoms with Gasteiger partial charge in [-0.3, -0.25) is 0 Å². The number of rotatable bonds is 1. The third-order valence-corrected chi connectivity index (χ3v) is 11.0. The van der Waals surface area contributed by atoms with Crippen LogP contribution in [0.1, 0.15) is 0 Å². The fourth-order valence-corrected chi connectivity index (χ4v) is 9.69. The molecule has 0 spiro atoms. The molecule has 40 valence electrons. The van der Waals surface area contributed by atoms with Crippen molar-refractivity contribution in [3.05, 3.63) is 15.9 Å². The molecule has 0 N–H and O–H groups in total. The number of hydrogen-bond acceptors (Lipinski definition) is 1. The van der Waals surface area contributed by atoms with Crippen LogP contribution in [0.15, 0.2) is 15.9 Å². The van der Waals surface area contributed by atoms with Crippen LogP contribution in [0.3, 0.4) is 0 Å². The van der Waals surface area contributed by atoms with Gasteiger partial charge < -0.3 is 0 Å². The normalized spacial score (nSPS) is 8.75. The van der Waals surface area contributed by atoms with Crippen LogP contribution in [0.4, 0.5) is 0 Å². The summed E-state index contributed by atoms with van der Waals surface area (Å²) in [5.41, 5.74) is 0. The van der Waals surface area contributed by atoms with Gasteiger partial charge in [-0.2, -0.15) is 0 Å². The van der Waals surface area contributed by atoms with Gasteiger partial charge in [0.2, 0.25) is 0 Å². The van der Waals surface area contributed by atoms with Crippen LogP contribution in [0.5, 0.6) is 0 Å². The molecule has 4 heteroatoms. The van der Waals surface area contributed by atoms with E-state index in [1.54, 1.807) is 11.3 Å². The van der Waals surface area contributed by atoms with Gasteiger partial charge in [0, 0.05) is 0 Å². The average molecular weight is 398 g/mol. The van der Waals surface area contributed by atoms with E-state index in [9.17, 15) is 0 Å². The summed E-state index contributed by atoms with van der Waals surface area (Å²) in [5.74, 6) is 0. The standard InChI is InChI=1S/C4H2BrS.ClH.Hg/c5-4-2-1-3-6-4;;/h1-2H;1H;/q;;+1/p-1. The first-order valence-corrected chi connectivity index (χ1v) is 13.3. The maximum absolute atomic E-state index is 5.75. The molecule has 0 nitrogen and oxygen atoms in total. The third kappa shape index (κ3) is 1.97. The van der Waals surface area contributed by atoms with Crippen LogP contribution in [-0.2, 0) is 23.3 Å². The minimum absolute atomic E-state index is 1.06. The Morgan fingerprint density at radius 2 is 2.38 bits per heavy atom. The van der Waals surface area contributed by atoms with Crippen molar-refractivity contribution in [2.45, 2.75) is 0 Å². The zero-order valence-electron chi connectivity index (χ0n) is 4.03. The summed E-state index contributed by atoms with van der Waals surface area (Å²) in [5, 5.41) is 0. The second kappa shape index (κ2) is 3.54. The predicted octanol–water partition coefficient (Wildman–Crippen LogP) is 2.37. The van der Waals surface area contributed by atoms with Crippen molar-refractivity contribution >= 4 is 37.9 Å². The van der Waals surface area contributed by atoms with Crippen LogP contribution in [-0.4, -0.2) is 0 Å². The monoisotopic (exact) mass is 398 g/mol. The van der Waals surface area contributed by atoms with Crippen molar-refractivity contribution in [3.8, 4) is 0 Å². The second-order valence-corrected chi connectivity index (χ2v) is 12.2. The predicted molar refractivity (Wildman–Crippen MR) is 37.5 cm³/mol. The van der Waals surface area contributed by atoms with Gasteiger partial charge in [0.25, 0.3) is 0 Å². The number of thiophene rings is 1. The molecule has 0 amide bonds. The van der Waals surface area contributed by atoms with Crippen LogP contribution < -0.4 is 2.39 Å². The Balaban J connectivity index is 2.84. The molecule has 0 aromatic carbocycles. The molecular formula is C4H2BrClHgS. The molecule has 8 heavy (non-hydrogen) atoms. The summed E-state index contributed by atoms with van der Waals surface area (Å²) in [6.07, 6.45) is 0. The van der Waals surface area contributed by atoms with Gasteiger partial charge >= 0.3 is 77.2 Å². The fourth-order valence-electron chi connectivity index (χ4n) is 0.424. The average Bonchev–Trinajstić information content (AvgIpc) is 2.14. The van der Waals surface area contributed by atoms with Crippen LogP contribution in [0.2, 0.25) is 0 Å².